The highest BCUT2D eigenvalue weighted by atomic mass is 14.7. The lowest BCUT2D eigenvalue weighted by Crippen LogP contribution is -2.13. The van der Waals surface area contributed by atoms with Crippen molar-refractivity contribution in [2.24, 2.45) is 0 Å². The standard InChI is InChI=1S/C17H16BN/c1-12-7-9-13(10-8-12)17-15-6-4-3-5-14(15)16(18-2)11-19-17/h3-11,18H,1-2H3. The average Bonchev–Trinajstić information content (AvgIpc) is 2.47. The molecular weight excluding hydrogens is 229 g/mol. The van der Waals surface area contributed by atoms with Gasteiger partial charge in [-0.3, -0.25) is 4.98 Å². The van der Waals surface area contributed by atoms with Gasteiger partial charge in [0, 0.05) is 17.1 Å². The van der Waals surface area contributed by atoms with E-state index in [-0.39, 0.29) is 0 Å². The predicted molar refractivity (Wildman–Crippen MR) is 84.6 cm³/mol. The van der Waals surface area contributed by atoms with Crippen molar-refractivity contribution in [3.05, 3.63) is 60.3 Å². The van der Waals surface area contributed by atoms with Crippen LogP contribution in [0.25, 0.3) is 22.0 Å². The Morgan fingerprint density at radius 3 is 2.26 bits per heavy atom. The molecule has 3 rings (SSSR count). The molecule has 0 bridgehead atoms. The second-order valence-electron chi connectivity index (χ2n) is 4.90. The Labute approximate surface area is 114 Å². The molecule has 0 saturated heterocycles. The highest BCUT2D eigenvalue weighted by molar-refractivity contribution is 6.55. The van der Waals surface area contributed by atoms with Crippen LogP contribution in [0.4, 0.5) is 0 Å². The summed E-state index contributed by atoms with van der Waals surface area (Å²) in [5.74, 6) is 0. The Bertz CT molecular complexity index is 717. The van der Waals surface area contributed by atoms with Crippen molar-refractivity contribution in [3.63, 3.8) is 0 Å². The van der Waals surface area contributed by atoms with E-state index in [9.17, 15) is 0 Å². The maximum atomic E-state index is 4.68. The number of nitrogens with zero attached hydrogens (tertiary/aromatic N) is 1. The number of aromatic nitrogens is 1. The molecule has 3 aromatic rings. The number of hydrogen-bond donors (Lipinski definition) is 0. The first kappa shape index (κ1) is 12.0. The highest BCUT2D eigenvalue weighted by Gasteiger charge is 2.07. The van der Waals surface area contributed by atoms with Crippen molar-refractivity contribution in [2.75, 3.05) is 0 Å². The molecule has 0 aliphatic rings. The molecule has 2 aromatic carbocycles. The molecule has 0 spiro atoms. The van der Waals surface area contributed by atoms with Gasteiger partial charge >= 0.3 is 0 Å². The quantitative estimate of drug-likeness (QED) is 0.631. The van der Waals surface area contributed by atoms with Crippen molar-refractivity contribution in [2.45, 2.75) is 13.7 Å². The van der Waals surface area contributed by atoms with Gasteiger partial charge in [0.2, 0.25) is 0 Å². The van der Waals surface area contributed by atoms with E-state index in [4.69, 9.17) is 0 Å². The normalized spacial score (nSPS) is 10.6. The third kappa shape index (κ3) is 2.14. The maximum absolute atomic E-state index is 4.68. The molecule has 1 nitrogen and oxygen atoms in total. The van der Waals surface area contributed by atoms with Crippen molar-refractivity contribution >= 4 is 23.5 Å². The first-order valence-electron chi connectivity index (χ1n) is 6.73. The van der Waals surface area contributed by atoms with Crippen LogP contribution in [0.2, 0.25) is 6.82 Å². The van der Waals surface area contributed by atoms with Crippen LogP contribution in [0.3, 0.4) is 0 Å². The fourth-order valence-corrected chi connectivity index (χ4v) is 2.47. The summed E-state index contributed by atoms with van der Waals surface area (Å²) >= 11 is 0. The molecular formula is C17H16BN. The van der Waals surface area contributed by atoms with Gasteiger partial charge in [-0.05, 0) is 12.3 Å². The molecule has 1 heterocycles. The maximum Gasteiger partial charge on any atom is 0.157 e. The van der Waals surface area contributed by atoms with E-state index in [0.717, 1.165) is 13.0 Å². The van der Waals surface area contributed by atoms with Crippen LogP contribution in [0.1, 0.15) is 5.56 Å². The van der Waals surface area contributed by atoms with Gasteiger partial charge in [0.1, 0.15) is 0 Å². The number of aryl methyl sites for hydroxylation is 1. The highest BCUT2D eigenvalue weighted by Crippen LogP contribution is 2.25. The van der Waals surface area contributed by atoms with Crippen LogP contribution in [-0.2, 0) is 0 Å². The molecule has 19 heavy (non-hydrogen) atoms. The lowest BCUT2D eigenvalue weighted by molar-refractivity contribution is 1.36. The van der Waals surface area contributed by atoms with Gasteiger partial charge in [0.15, 0.2) is 7.28 Å². The molecule has 92 valence electrons. The molecule has 0 fully saturated rings. The minimum atomic E-state index is 1.02. The van der Waals surface area contributed by atoms with Gasteiger partial charge in [0.25, 0.3) is 0 Å². The number of hydrogen-bond acceptors (Lipinski definition) is 1. The van der Waals surface area contributed by atoms with Gasteiger partial charge in [0.05, 0.1) is 5.69 Å². The van der Waals surface area contributed by atoms with E-state index in [1.165, 1.54) is 27.4 Å². The zero-order chi connectivity index (χ0) is 13.2. The minimum Gasteiger partial charge on any atom is -0.256 e. The fraction of sp³-hybridized carbons (Fsp3) is 0.118. The van der Waals surface area contributed by atoms with E-state index in [0.29, 0.717) is 0 Å². The van der Waals surface area contributed by atoms with Gasteiger partial charge < -0.3 is 0 Å². The number of rotatable bonds is 2. The van der Waals surface area contributed by atoms with Crippen LogP contribution in [0.5, 0.6) is 0 Å². The lowest BCUT2D eigenvalue weighted by Gasteiger charge is -2.09. The summed E-state index contributed by atoms with van der Waals surface area (Å²) in [4.78, 5) is 4.68. The monoisotopic (exact) mass is 245 g/mol. The molecule has 0 saturated carbocycles. The Morgan fingerprint density at radius 2 is 1.58 bits per heavy atom. The summed E-state index contributed by atoms with van der Waals surface area (Å²) in [6.07, 6.45) is 2.01. The molecule has 2 heteroatoms. The number of fused-ring (bicyclic) bond motifs is 1. The zero-order valence-electron chi connectivity index (χ0n) is 11.4. The molecule has 0 aliphatic heterocycles. The summed E-state index contributed by atoms with van der Waals surface area (Å²) in [6.45, 7) is 4.28. The number of benzene rings is 2. The zero-order valence-corrected chi connectivity index (χ0v) is 11.4. The van der Waals surface area contributed by atoms with E-state index in [2.05, 4.69) is 67.3 Å². The number of pyridine rings is 1. The molecule has 1 aromatic heterocycles. The van der Waals surface area contributed by atoms with Crippen LogP contribution in [-0.4, -0.2) is 12.3 Å². The van der Waals surface area contributed by atoms with Crippen molar-refractivity contribution in [1.82, 2.24) is 4.98 Å². The van der Waals surface area contributed by atoms with Crippen LogP contribution in [0.15, 0.2) is 54.7 Å². The van der Waals surface area contributed by atoms with Crippen molar-refractivity contribution in [3.8, 4) is 11.3 Å². The molecule has 0 aliphatic carbocycles. The van der Waals surface area contributed by atoms with Gasteiger partial charge in [-0.15, -0.1) is 0 Å². The van der Waals surface area contributed by atoms with E-state index in [1.807, 2.05) is 6.20 Å². The third-order valence-corrected chi connectivity index (χ3v) is 3.58. The first-order chi connectivity index (χ1) is 9.29. The van der Waals surface area contributed by atoms with E-state index < -0.39 is 0 Å². The predicted octanol–water partition coefficient (Wildman–Crippen LogP) is 3.32. The lowest BCUT2D eigenvalue weighted by atomic mass is 9.72. The smallest absolute Gasteiger partial charge is 0.157 e. The topological polar surface area (TPSA) is 12.9 Å². The Morgan fingerprint density at radius 1 is 0.895 bits per heavy atom. The summed E-state index contributed by atoms with van der Waals surface area (Å²) in [5.41, 5.74) is 4.85. The summed E-state index contributed by atoms with van der Waals surface area (Å²) in [5, 5.41) is 2.56. The third-order valence-electron chi connectivity index (χ3n) is 3.58. The second kappa shape index (κ2) is 4.89. The summed E-state index contributed by atoms with van der Waals surface area (Å²) in [6, 6.07) is 17.1. The SMILES string of the molecule is CBc1cnc(-c2ccc(C)cc2)c2ccccc12. The van der Waals surface area contributed by atoms with Gasteiger partial charge in [-0.25, -0.2) is 0 Å². The Hall–Kier alpha value is -2.09. The van der Waals surface area contributed by atoms with Crippen LogP contribution in [0, 0.1) is 6.92 Å². The van der Waals surface area contributed by atoms with Gasteiger partial charge in [-0.2, -0.15) is 0 Å². The molecule has 0 radical (unpaired) electrons. The summed E-state index contributed by atoms with van der Waals surface area (Å²) < 4.78 is 0. The molecule has 0 N–H and O–H groups in total. The second-order valence-corrected chi connectivity index (χ2v) is 4.90. The Balaban J connectivity index is 2.27. The first-order valence-corrected chi connectivity index (χ1v) is 6.73. The molecule has 0 atom stereocenters. The van der Waals surface area contributed by atoms with Crippen LogP contribution >= 0.6 is 0 Å². The summed E-state index contributed by atoms with van der Waals surface area (Å²) in [7, 11) is 1.02. The van der Waals surface area contributed by atoms with Gasteiger partial charge in [-0.1, -0.05) is 66.4 Å². The Kier molecular flexibility index (Phi) is 3.08. The van der Waals surface area contributed by atoms with E-state index >= 15 is 0 Å². The average molecular weight is 245 g/mol. The van der Waals surface area contributed by atoms with Crippen molar-refractivity contribution < 1.29 is 0 Å². The molecule has 0 amide bonds. The van der Waals surface area contributed by atoms with Crippen molar-refractivity contribution in [1.29, 1.82) is 0 Å². The largest absolute Gasteiger partial charge is 0.256 e. The fourth-order valence-electron chi connectivity index (χ4n) is 2.47. The van der Waals surface area contributed by atoms with E-state index in [1.54, 1.807) is 0 Å². The minimum absolute atomic E-state index is 1.02. The molecule has 0 unspecified atom stereocenters. The van der Waals surface area contributed by atoms with Crippen LogP contribution < -0.4 is 5.46 Å².